The van der Waals surface area contributed by atoms with E-state index in [4.69, 9.17) is 11.6 Å². The van der Waals surface area contributed by atoms with Crippen molar-refractivity contribution in [2.75, 3.05) is 11.1 Å². The Hall–Kier alpha value is -3.63. The summed E-state index contributed by atoms with van der Waals surface area (Å²) in [6.45, 7) is 2.16. The quantitative estimate of drug-likeness (QED) is 0.270. The third-order valence-corrected chi connectivity index (χ3v) is 6.52. The van der Waals surface area contributed by atoms with Crippen molar-refractivity contribution in [1.82, 2.24) is 24.7 Å². The van der Waals surface area contributed by atoms with Crippen molar-refractivity contribution in [2.24, 2.45) is 0 Å². The lowest BCUT2D eigenvalue weighted by molar-refractivity contribution is -0.113. The maximum Gasteiger partial charge on any atom is 0.325 e. The Morgan fingerprint density at radius 2 is 1.81 bits per heavy atom. The number of nitrogens with zero attached hydrogens (tertiary/aromatic N) is 3. The molecule has 0 atom stereocenters. The molecule has 2 heterocycles. The van der Waals surface area contributed by atoms with Crippen LogP contribution in [0.2, 0.25) is 5.02 Å². The Morgan fingerprint density at radius 3 is 2.50 bits per heavy atom. The van der Waals surface area contributed by atoms with Gasteiger partial charge in [0.1, 0.15) is 5.82 Å². The Bertz CT molecular complexity index is 1420. The van der Waals surface area contributed by atoms with Crippen LogP contribution in [0.3, 0.4) is 0 Å². The van der Waals surface area contributed by atoms with E-state index in [-0.39, 0.29) is 18.1 Å². The number of amides is 1. The van der Waals surface area contributed by atoms with Crippen molar-refractivity contribution < 1.29 is 4.79 Å². The van der Waals surface area contributed by atoms with Crippen molar-refractivity contribution in [1.29, 1.82) is 0 Å². The largest absolute Gasteiger partial charge is 0.325 e. The van der Waals surface area contributed by atoms with Crippen LogP contribution in [0.1, 0.15) is 36.8 Å². The van der Waals surface area contributed by atoms with Gasteiger partial charge in [-0.3, -0.25) is 19.1 Å². The highest BCUT2D eigenvalue weighted by molar-refractivity contribution is 7.99. The second-order valence-corrected chi connectivity index (χ2v) is 9.52. The molecule has 0 bridgehead atoms. The van der Waals surface area contributed by atoms with Crippen LogP contribution in [0.15, 0.2) is 69.3 Å². The minimum atomic E-state index is -0.597. The molecule has 0 saturated heterocycles. The zero-order chi connectivity index (χ0) is 25.5. The predicted molar refractivity (Wildman–Crippen MR) is 141 cm³/mol. The van der Waals surface area contributed by atoms with E-state index in [1.54, 1.807) is 28.8 Å². The zero-order valence-electron chi connectivity index (χ0n) is 19.6. The average Bonchev–Trinajstić information content (AvgIpc) is 3.24. The topological polar surface area (TPSA) is 126 Å². The van der Waals surface area contributed by atoms with Crippen LogP contribution >= 0.6 is 23.4 Å². The molecule has 2 aromatic heterocycles. The molecular formula is C25H25ClN6O3S. The fourth-order valence-electron chi connectivity index (χ4n) is 3.61. The monoisotopic (exact) mass is 524 g/mol. The zero-order valence-corrected chi connectivity index (χ0v) is 21.2. The fraction of sp³-hybridized carbons (Fsp3) is 0.240. The number of halogens is 1. The summed E-state index contributed by atoms with van der Waals surface area (Å²) in [5.74, 6) is 0.433. The van der Waals surface area contributed by atoms with Crippen molar-refractivity contribution in [3.63, 3.8) is 0 Å². The van der Waals surface area contributed by atoms with Crippen LogP contribution in [0.4, 0.5) is 5.69 Å². The first-order valence-corrected chi connectivity index (χ1v) is 12.8. The first-order chi connectivity index (χ1) is 17.4. The molecule has 0 aliphatic carbocycles. The van der Waals surface area contributed by atoms with Crippen LogP contribution in [0, 0.1) is 0 Å². The van der Waals surface area contributed by atoms with E-state index in [1.807, 2.05) is 24.3 Å². The first kappa shape index (κ1) is 25.5. The van der Waals surface area contributed by atoms with Crippen LogP contribution in [-0.4, -0.2) is 36.4 Å². The SMILES string of the molecule is CCCCc1ccc(NC(=O)CSc2nnc(Cc3cc(=O)[nH]c(=O)[nH]3)n2-c2ccc(Cl)cc2)cc1. The van der Waals surface area contributed by atoms with Gasteiger partial charge in [0.2, 0.25) is 5.91 Å². The number of thioether (sulfide) groups is 1. The van der Waals surface area contributed by atoms with Gasteiger partial charge in [-0.2, -0.15) is 0 Å². The number of aromatic nitrogens is 5. The number of hydrogen-bond donors (Lipinski definition) is 3. The van der Waals surface area contributed by atoms with Crippen molar-refractivity contribution in [2.45, 2.75) is 37.8 Å². The maximum absolute atomic E-state index is 12.6. The number of carbonyl (C=O) groups is 1. The second-order valence-electron chi connectivity index (χ2n) is 8.14. The van der Waals surface area contributed by atoms with Crippen LogP contribution < -0.4 is 16.6 Å². The molecule has 0 aliphatic rings. The molecule has 0 aliphatic heterocycles. The number of aryl methyl sites for hydroxylation is 1. The summed E-state index contributed by atoms with van der Waals surface area (Å²) in [5, 5.41) is 12.5. The van der Waals surface area contributed by atoms with Gasteiger partial charge in [0.05, 0.1) is 5.75 Å². The third kappa shape index (κ3) is 6.73. The van der Waals surface area contributed by atoms with Gasteiger partial charge in [-0.05, 0) is 54.8 Å². The van der Waals surface area contributed by atoms with Gasteiger partial charge < -0.3 is 10.3 Å². The molecule has 4 rings (SSSR count). The summed E-state index contributed by atoms with van der Waals surface area (Å²) in [7, 11) is 0. The molecule has 0 saturated carbocycles. The van der Waals surface area contributed by atoms with Crippen molar-refractivity contribution in [3.8, 4) is 5.69 Å². The Kier molecular flexibility index (Phi) is 8.40. The van der Waals surface area contributed by atoms with E-state index >= 15 is 0 Å². The molecule has 186 valence electrons. The van der Waals surface area contributed by atoms with E-state index < -0.39 is 11.2 Å². The number of unbranched alkanes of at least 4 members (excludes halogenated alkanes) is 1. The Morgan fingerprint density at radius 1 is 1.06 bits per heavy atom. The highest BCUT2D eigenvalue weighted by atomic mass is 35.5. The Labute approximate surface area is 216 Å². The number of anilines is 1. The lowest BCUT2D eigenvalue weighted by Gasteiger charge is -2.11. The second kappa shape index (κ2) is 11.9. The number of nitrogens with one attached hydrogen (secondary N) is 3. The summed E-state index contributed by atoms with van der Waals surface area (Å²) in [4.78, 5) is 40.8. The highest BCUT2D eigenvalue weighted by Crippen LogP contribution is 2.24. The van der Waals surface area contributed by atoms with Gasteiger partial charge in [-0.1, -0.05) is 48.8 Å². The molecule has 0 fully saturated rings. The molecule has 11 heteroatoms. The minimum absolute atomic E-state index is 0.116. The number of aromatic amines is 2. The predicted octanol–water partition coefficient (Wildman–Crippen LogP) is 3.96. The first-order valence-electron chi connectivity index (χ1n) is 11.5. The molecule has 4 aromatic rings. The van der Waals surface area contributed by atoms with E-state index in [0.717, 1.165) is 30.6 Å². The summed E-state index contributed by atoms with van der Waals surface area (Å²) < 4.78 is 1.77. The summed E-state index contributed by atoms with van der Waals surface area (Å²) in [5.41, 5.74) is 2.00. The van der Waals surface area contributed by atoms with E-state index in [0.29, 0.717) is 21.7 Å². The fourth-order valence-corrected chi connectivity index (χ4v) is 4.50. The number of benzene rings is 2. The van der Waals surface area contributed by atoms with Crippen molar-refractivity contribution in [3.05, 3.63) is 97.5 Å². The van der Waals surface area contributed by atoms with Crippen LogP contribution in [0.25, 0.3) is 5.69 Å². The van der Waals surface area contributed by atoms with E-state index in [1.165, 1.54) is 23.4 Å². The number of carbonyl (C=O) groups excluding carboxylic acids is 1. The van der Waals surface area contributed by atoms with Gasteiger partial charge >= 0.3 is 5.69 Å². The summed E-state index contributed by atoms with van der Waals surface area (Å²) in [6.07, 6.45) is 3.45. The minimum Gasteiger partial charge on any atom is -0.325 e. The molecule has 2 aromatic carbocycles. The van der Waals surface area contributed by atoms with Gasteiger partial charge in [0.15, 0.2) is 5.16 Å². The molecule has 9 nitrogen and oxygen atoms in total. The van der Waals surface area contributed by atoms with Crippen molar-refractivity contribution >= 4 is 35.0 Å². The van der Waals surface area contributed by atoms with Gasteiger partial charge in [-0.25, -0.2) is 4.79 Å². The molecular weight excluding hydrogens is 500 g/mol. The average molecular weight is 525 g/mol. The van der Waals surface area contributed by atoms with Gasteiger partial charge in [0.25, 0.3) is 5.56 Å². The molecule has 0 spiro atoms. The summed E-state index contributed by atoms with van der Waals surface area (Å²) >= 11 is 7.28. The molecule has 3 N–H and O–H groups in total. The lowest BCUT2D eigenvalue weighted by atomic mass is 10.1. The Balaban J connectivity index is 1.50. The third-order valence-electron chi connectivity index (χ3n) is 5.34. The number of rotatable bonds is 10. The van der Waals surface area contributed by atoms with E-state index in [2.05, 4.69) is 32.4 Å². The van der Waals surface area contributed by atoms with Gasteiger partial charge in [-0.15, -0.1) is 10.2 Å². The van der Waals surface area contributed by atoms with Crippen LogP contribution in [0.5, 0.6) is 0 Å². The van der Waals surface area contributed by atoms with Crippen LogP contribution in [-0.2, 0) is 17.6 Å². The smallest absolute Gasteiger partial charge is 0.325 e. The lowest BCUT2D eigenvalue weighted by Crippen LogP contribution is -2.23. The molecule has 1 amide bonds. The maximum atomic E-state index is 12.6. The van der Waals surface area contributed by atoms with Gasteiger partial charge in [0, 0.05) is 34.6 Å². The number of hydrogen-bond acceptors (Lipinski definition) is 6. The number of H-pyrrole nitrogens is 2. The van der Waals surface area contributed by atoms with E-state index in [9.17, 15) is 14.4 Å². The highest BCUT2D eigenvalue weighted by Gasteiger charge is 2.17. The molecule has 0 unspecified atom stereocenters. The summed E-state index contributed by atoms with van der Waals surface area (Å²) in [6, 6.07) is 16.3. The normalized spacial score (nSPS) is 10.9. The standard InChI is InChI=1S/C25H25ClN6O3S/c1-2-3-4-16-5-9-18(10-6-16)27-23(34)15-36-25-31-30-21(13-19-14-22(33)29-24(35)28-19)32(25)20-11-7-17(26)8-12-20/h5-12,14H,2-4,13,15H2,1H3,(H,27,34)(H2,28,29,33,35). The molecule has 0 radical (unpaired) electrons. The molecule has 36 heavy (non-hydrogen) atoms.